The Bertz CT molecular complexity index is 1370. The topological polar surface area (TPSA) is 110 Å². The zero-order chi connectivity index (χ0) is 25.1. The number of nitrogens with one attached hydrogen (secondary N) is 2. The van der Waals surface area contributed by atoms with Crippen molar-refractivity contribution in [3.8, 4) is 5.69 Å². The summed E-state index contributed by atoms with van der Waals surface area (Å²) in [5.41, 5.74) is -1.29. The van der Waals surface area contributed by atoms with Crippen LogP contribution in [0.4, 0.5) is 24.5 Å². The van der Waals surface area contributed by atoms with Crippen LogP contribution in [0.15, 0.2) is 59.4 Å². The molecule has 3 rings (SSSR count). The minimum absolute atomic E-state index is 0.0325. The van der Waals surface area contributed by atoms with Crippen LogP contribution in [-0.2, 0) is 16.2 Å². The van der Waals surface area contributed by atoms with Crippen LogP contribution in [-0.4, -0.2) is 29.9 Å². The van der Waals surface area contributed by atoms with Crippen molar-refractivity contribution in [2.45, 2.75) is 26.4 Å². The molecule has 0 aliphatic carbocycles. The summed E-state index contributed by atoms with van der Waals surface area (Å²) < 4.78 is 66.4. The SMILES string of the molecule is CCCS(=O)(=O)Nc1ccc(NC(=O)c2nn(-c3cccc(C(F)(F)F)c3)c(C)cc2=O)cc1. The van der Waals surface area contributed by atoms with Gasteiger partial charge in [-0.1, -0.05) is 13.0 Å². The molecular weight excluding hydrogens is 473 g/mol. The van der Waals surface area contributed by atoms with Crippen molar-refractivity contribution in [2.24, 2.45) is 0 Å². The Kier molecular flexibility index (Phi) is 7.10. The molecule has 1 heterocycles. The van der Waals surface area contributed by atoms with Crippen LogP contribution in [0.3, 0.4) is 0 Å². The molecule has 8 nitrogen and oxygen atoms in total. The lowest BCUT2D eigenvalue weighted by Crippen LogP contribution is -2.27. The van der Waals surface area contributed by atoms with Crippen LogP contribution in [0, 0.1) is 6.92 Å². The quantitative estimate of drug-likeness (QED) is 0.517. The largest absolute Gasteiger partial charge is 0.416 e. The Balaban J connectivity index is 1.86. The number of benzene rings is 2. The van der Waals surface area contributed by atoms with E-state index in [4.69, 9.17) is 0 Å². The van der Waals surface area contributed by atoms with E-state index in [1.54, 1.807) is 6.92 Å². The van der Waals surface area contributed by atoms with Gasteiger partial charge in [0, 0.05) is 23.1 Å². The first-order valence-corrected chi connectivity index (χ1v) is 11.8. The number of halogens is 3. The van der Waals surface area contributed by atoms with Gasteiger partial charge >= 0.3 is 6.18 Å². The number of anilines is 2. The predicted molar refractivity (Wildman–Crippen MR) is 122 cm³/mol. The highest BCUT2D eigenvalue weighted by molar-refractivity contribution is 7.92. The zero-order valence-corrected chi connectivity index (χ0v) is 19.0. The first-order chi connectivity index (χ1) is 15.9. The molecular formula is C22H21F3N4O4S. The highest BCUT2D eigenvalue weighted by Gasteiger charge is 2.30. The summed E-state index contributed by atoms with van der Waals surface area (Å²) in [4.78, 5) is 25.0. The van der Waals surface area contributed by atoms with Crippen LogP contribution >= 0.6 is 0 Å². The summed E-state index contributed by atoms with van der Waals surface area (Å²) >= 11 is 0. The second-order valence-electron chi connectivity index (χ2n) is 7.41. The molecule has 180 valence electrons. The molecule has 3 aromatic rings. The molecule has 0 bridgehead atoms. The second kappa shape index (κ2) is 9.67. The maximum atomic E-state index is 13.1. The van der Waals surface area contributed by atoms with Gasteiger partial charge in [-0.05, 0) is 55.8 Å². The molecule has 0 saturated heterocycles. The molecule has 2 aromatic carbocycles. The van der Waals surface area contributed by atoms with Gasteiger partial charge in [-0.3, -0.25) is 14.3 Å². The molecule has 0 radical (unpaired) electrons. The van der Waals surface area contributed by atoms with E-state index in [1.165, 1.54) is 43.3 Å². The van der Waals surface area contributed by atoms with Crippen molar-refractivity contribution in [1.82, 2.24) is 9.78 Å². The predicted octanol–water partition coefficient (Wildman–Crippen LogP) is 3.96. The second-order valence-corrected chi connectivity index (χ2v) is 9.25. The van der Waals surface area contributed by atoms with Gasteiger partial charge < -0.3 is 5.32 Å². The average Bonchev–Trinajstić information content (AvgIpc) is 2.74. The first-order valence-electron chi connectivity index (χ1n) is 10.1. The molecule has 0 unspecified atom stereocenters. The van der Waals surface area contributed by atoms with Gasteiger partial charge in [0.25, 0.3) is 5.91 Å². The summed E-state index contributed by atoms with van der Waals surface area (Å²) in [5, 5.41) is 6.46. The van der Waals surface area contributed by atoms with Crippen molar-refractivity contribution in [1.29, 1.82) is 0 Å². The monoisotopic (exact) mass is 494 g/mol. The van der Waals surface area contributed by atoms with Crippen LogP contribution in [0.2, 0.25) is 0 Å². The van der Waals surface area contributed by atoms with Gasteiger partial charge in [0.2, 0.25) is 15.5 Å². The zero-order valence-electron chi connectivity index (χ0n) is 18.2. The number of amides is 1. The lowest BCUT2D eigenvalue weighted by molar-refractivity contribution is -0.137. The third-order valence-corrected chi connectivity index (χ3v) is 6.12. The van der Waals surface area contributed by atoms with E-state index in [0.29, 0.717) is 12.1 Å². The van der Waals surface area contributed by atoms with Gasteiger partial charge in [-0.25, -0.2) is 13.1 Å². The van der Waals surface area contributed by atoms with E-state index >= 15 is 0 Å². The number of sulfonamides is 1. The summed E-state index contributed by atoms with van der Waals surface area (Å²) in [6.45, 7) is 3.21. The van der Waals surface area contributed by atoms with Crippen molar-refractivity contribution in [3.05, 3.63) is 81.8 Å². The maximum absolute atomic E-state index is 13.1. The number of aromatic nitrogens is 2. The molecule has 0 fully saturated rings. The van der Waals surface area contributed by atoms with E-state index < -0.39 is 38.8 Å². The van der Waals surface area contributed by atoms with Crippen molar-refractivity contribution in [2.75, 3.05) is 15.8 Å². The summed E-state index contributed by atoms with van der Waals surface area (Å²) in [6, 6.07) is 11.2. The number of carbonyl (C=O) groups is 1. The average molecular weight is 494 g/mol. The van der Waals surface area contributed by atoms with Crippen LogP contribution in [0.25, 0.3) is 5.69 Å². The minimum atomic E-state index is -4.57. The molecule has 0 aliphatic heterocycles. The summed E-state index contributed by atoms with van der Waals surface area (Å²) in [5.74, 6) is -0.909. The first kappa shape index (κ1) is 25.0. The van der Waals surface area contributed by atoms with Crippen LogP contribution in [0.1, 0.15) is 35.1 Å². The fraction of sp³-hybridized carbons (Fsp3) is 0.227. The summed E-state index contributed by atoms with van der Waals surface area (Å²) in [7, 11) is -3.48. The Hall–Kier alpha value is -3.67. The number of rotatable bonds is 7. The van der Waals surface area contributed by atoms with E-state index in [1.807, 2.05) is 0 Å². The molecule has 1 amide bonds. The number of nitrogens with zero attached hydrogens (tertiary/aromatic N) is 2. The molecule has 0 aliphatic rings. The summed E-state index contributed by atoms with van der Waals surface area (Å²) in [6.07, 6.45) is -4.12. The number of alkyl halides is 3. The van der Waals surface area contributed by atoms with E-state index in [9.17, 15) is 31.2 Å². The third-order valence-electron chi connectivity index (χ3n) is 4.63. The molecule has 0 spiro atoms. The number of hydrogen-bond acceptors (Lipinski definition) is 5. The normalized spacial score (nSPS) is 11.8. The molecule has 2 N–H and O–H groups in total. The third kappa shape index (κ3) is 6.01. The van der Waals surface area contributed by atoms with Crippen molar-refractivity contribution < 1.29 is 26.4 Å². The molecule has 12 heteroatoms. The van der Waals surface area contributed by atoms with Crippen molar-refractivity contribution >= 4 is 27.3 Å². The van der Waals surface area contributed by atoms with Gasteiger partial charge in [0.1, 0.15) is 0 Å². The van der Waals surface area contributed by atoms with Gasteiger partial charge in [0.05, 0.1) is 17.0 Å². The van der Waals surface area contributed by atoms with E-state index in [0.717, 1.165) is 22.9 Å². The van der Waals surface area contributed by atoms with Gasteiger partial charge in [-0.2, -0.15) is 18.3 Å². The number of carbonyl (C=O) groups excluding carboxylic acids is 1. The lowest BCUT2D eigenvalue weighted by atomic mass is 10.2. The Labute approximate surface area is 193 Å². The Morgan fingerprint density at radius 2 is 1.71 bits per heavy atom. The van der Waals surface area contributed by atoms with E-state index in [-0.39, 0.29) is 22.8 Å². The number of hydrogen-bond donors (Lipinski definition) is 2. The molecule has 0 atom stereocenters. The fourth-order valence-electron chi connectivity index (χ4n) is 3.09. The van der Waals surface area contributed by atoms with Gasteiger partial charge in [-0.15, -0.1) is 0 Å². The molecule has 0 saturated carbocycles. The molecule has 1 aromatic heterocycles. The van der Waals surface area contributed by atoms with Gasteiger partial charge in [0.15, 0.2) is 5.69 Å². The molecule has 34 heavy (non-hydrogen) atoms. The van der Waals surface area contributed by atoms with Crippen molar-refractivity contribution in [3.63, 3.8) is 0 Å². The Morgan fingerprint density at radius 1 is 1.06 bits per heavy atom. The maximum Gasteiger partial charge on any atom is 0.416 e. The number of aryl methyl sites for hydroxylation is 1. The minimum Gasteiger partial charge on any atom is -0.320 e. The smallest absolute Gasteiger partial charge is 0.320 e. The van der Waals surface area contributed by atoms with E-state index in [2.05, 4.69) is 15.1 Å². The lowest BCUT2D eigenvalue weighted by Gasteiger charge is -2.14. The highest BCUT2D eigenvalue weighted by Crippen LogP contribution is 2.30. The fourth-order valence-corrected chi connectivity index (χ4v) is 4.23. The van der Waals surface area contributed by atoms with Crippen LogP contribution < -0.4 is 15.5 Å². The standard InChI is InChI=1S/C22H21F3N4O4S/c1-3-11-34(32,33)28-17-9-7-16(8-10-17)26-21(31)20-19(30)12-14(2)29(27-20)18-6-4-5-15(13-18)22(23,24)25/h4-10,12-13,28H,3,11H2,1-2H3,(H,26,31). The highest BCUT2D eigenvalue weighted by atomic mass is 32.2. The van der Waals surface area contributed by atoms with Crippen LogP contribution in [0.5, 0.6) is 0 Å². The Morgan fingerprint density at radius 3 is 2.32 bits per heavy atom.